The van der Waals surface area contributed by atoms with Gasteiger partial charge < -0.3 is 14.4 Å². The van der Waals surface area contributed by atoms with Crippen LogP contribution in [0, 0.1) is 0 Å². The minimum Gasteiger partial charge on any atom is -0.351 e. The van der Waals surface area contributed by atoms with Gasteiger partial charge in [-0.05, 0) is 37.6 Å². The molecule has 0 aromatic carbocycles. The lowest BCUT2D eigenvalue weighted by Crippen LogP contribution is -2.53. The van der Waals surface area contributed by atoms with Crippen molar-refractivity contribution in [3.63, 3.8) is 0 Å². The second-order valence-electron chi connectivity index (χ2n) is 7.75. The lowest BCUT2D eigenvalue weighted by Gasteiger charge is -2.47. The van der Waals surface area contributed by atoms with Crippen LogP contribution in [0.2, 0.25) is 0 Å². The summed E-state index contributed by atoms with van der Waals surface area (Å²) in [5, 5.41) is 0. The highest BCUT2D eigenvalue weighted by Gasteiger charge is 2.50. The fourth-order valence-corrected chi connectivity index (χ4v) is 4.57. The van der Waals surface area contributed by atoms with Crippen molar-refractivity contribution in [1.29, 1.82) is 0 Å². The SMILES string of the molecule is C=C(C)CN1c2cccnc2-n2cccc2C12CCN(C(=O)c1cnccn1)C2. The molecule has 1 atom stereocenters. The molecule has 146 valence electrons. The molecule has 7 nitrogen and oxygen atoms in total. The molecule has 0 saturated carbocycles. The van der Waals surface area contributed by atoms with E-state index in [0.717, 1.165) is 29.2 Å². The van der Waals surface area contributed by atoms with Crippen LogP contribution >= 0.6 is 0 Å². The number of hydrogen-bond donors (Lipinski definition) is 0. The van der Waals surface area contributed by atoms with Crippen molar-refractivity contribution in [2.75, 3.05) is 24.5 Å². The Morgan fingerprint density at radius 1 is 1.21 bits per heavy atom. The van der Waals surface area contributed by atoms with Crippen LogP contribution < -0.4 is 4.90 Å². The van der Waals surface area contributed by atoms with Crippen LogP contribution in [0.4, 0.5) is 5.69 Å². The van der Waals surface area contributed by atoms with E-state index in [-0.39, 0.29) is 11.4 Å². The zero-order valence-corrected chi connectivity index (χ0v) is 16.3. The number of rotatable bonds is 3. The van der Waals surface area contributed by atoms with Crippen LogP contribution in [0.5, 0.6) is 0 Å². The van der Waals surface area contributed by atoms with E-state index in [4.69, 9.17) is 0 Å². The second kappa shape index (κ2) is 6.55. The van der Waals surface area contributed by atoms with Crippen LogP contribution in [0.15, 0.2) is 67.4 Å². The van der Waals surface area contributed by atoms with Crippen molar-refractivity contribution < 1.29 is 4.79 Å². The van der Waals surface area contributed by atoms with Crippen molar-refractivity contribution in [2.24, 2.45) is 0 Å². The van der Waals surface area contributed by atoms with E-state index in [1.807, 2.05) is 36.4 Å². The molecule has 3 aromatic rings. The third kappa shape index (κ3) is 2.65. The van der Waals surface area contributed by atoms with E-state index in [1.165, 1.54) is 6.20 Å². The fourth-order valence-electron chi connectivity index (χ4n) is 4.57. The highest BCUT2D eigenvalue weighted by atomic mass is 16.2. The van der Waals surface area contributed by atoms with Gasteiger partial charge >= 0.3 is 0 Å². The first-order valence-electron chi connectivity index (χ1n) is 9.71. The Labute approximate surface area is 169 Å². The highest BCUT2D eigenvalue weighted by molar-refractivity contribution is 5.92. The number of carbonyl (C=O) groups is 1. The maximum absolute atomic E-state index is 13.1. The Hall–Kier alpha value is -3.48. The van der Waals surface area contributed by atoms with Gasteiger partial charge in [-0.1, -0.05) is 12.2 Å². The minimum atomic E-state index is -0.337. The average molecular weight is 386 g/mol. The molecule has 5 rings (SSSR count). The number of carbonyl (C=O) groups excluding carboxylic acids is 1. The lowest BCUT2D eigenvalue weighted by molar-refractivity contribution is 0.0776. The summed E-state index contributed by atoms with van der Waals surface area (Å²) in [6.07, 6.45) is 9.35. The van der Waals surface area contributed by atoms with Crippen molar-refractivity contribution in [2.45, 2.75) is 18.9 Å². The van der Waals surface area contributed by atoms with Crippen LogP contribution in [-0.4, -0.2) is 50.0 Å². The van der Waals surface area contributed by atoms with Gasteiger partial charge in [-0.3, -0.25) is 9.78 Å². The van der Waals surface area contributed by atoms with E-state index >= 15 is 0 Å². The van der Waals surface area contributed by atoms with E-state index < -0.39 is 0 Å². The lowest BCUT2D eigenvalue weighted by atomic mass is 9.88. The number of anilines is 1. The van der Waals surface area contributed by atoms with Crippen molar-refractivity contribution >= 4 is 11.6 Å². The third-order valence-electron chi connectivity index (χ3n) is 5.77. The zero-order chi connectivity index (χ0) is 20.0. The van der Waals surface area contributed by atoms with Crippen LogP contribution in [0.3, 0.4) is 0 Å². The van der Waals surface area contributed by atoms with E-state index in [1.54, 1.807) is 12.4 Å². The zero-order valence-electron chi connectivity index (χ0n) is 16.3. The Morgan fingerprint density at radius 3 is 2.90 bits per heavy atom. The summed E-state index contributed by atoms with van der Waals surface area (Å²) in [6.45, 7) is 8.13. The second-order valence-corrected chi connectivity index (χ2v) is 7.75. The number of aromatic nitrogens is 4. The smallest absolute Gasteiger partial charge is 0.274 e. The van der Waals surface area contributed by atoms with Gasteiger partial charge in [0.05, 0.1) is 17.6 Å². The molecule has 0 radical (unpaired) electrons. The van der Waals surface area contributed by atoms with E-state index in [0.29, 0.717) is 25.3 Å². The quantitative estimate of drug-likeness (QED) is 0.648. The maximum Gasteiger partial charge on any atom is 0.274 e. The first-order valence-corrected chi connectivity index (χ1v) is 9.71. The Balaban J connectivity index is 1.60. The average Bonchev–Trinajstić information content (AvgIpc) is 3.40. The standard InChI is InChI=1S/C22H22N6O/c1-16(2)14-28-18-5-3-8-25-20(18)27-11-4-6-19(27)22(28)7-12-26(15-22)21(29)17-13-23-9-10-24-17/h3-6,8-11,13H,1,7,12,14-15H2,2H3. The Morgan fingerprint density at radius 2 is 2.10 bits per heavy atom. The van der Waals surface area contributed by atoms with Gasteiger partial charge in [0.1, 0.15) is 11.2 Å². The summed E-state index contributed by atoms with van der Waals surface area (Å²) in [5.41, 5.74) is 3.32. The predicted octanol–water partition coefficient (Wildman–Crippen LogP) is 2.80. The summed E-state index contributed by atoms with van der Waals surface area (Å²) >= 11 is 0. The topological polar surface area (TPSA) is 67.2 Å². The van der Waals surface area contributed by atoms with Gasteiger partial charge in [0.2, 0.25) is 0 Å². The first-order chi connectivity index (χ1) is 14.1. The number of amides is 1. The largest absolute Gasteiger partial charge is 0.351 e. The van der Waals surface area contributed by atoms with Gasteiger partial charge in [0.15, 0.2) is 5.82 Å². The van der Waals surface area contributed by atoms with Gasteiger partial charge in [0.25, 0.3) is 5.91 Å². The molecule has 1 unspecified atom stereocenters. The number of fused-ring (bicyclic) bond motifs is 4. The van der Waals surface area contributed by atoms with Crippen molar-refractivity contribution in [3.8, 4) is 5.82 Å². The molecule has 5 heterocycles. The highest BCUT2D eigenvalue weighted by Crippen LogP contribution is 2.47. The van der Waals surface area contributed by atoms with Crippen molar-refractivity contribution in [3.05, 3.63) is 78.8 Å². The van der Waals surface area contributed by atoms with Crippen LogP contribution in [-0.2, 0) is 5.54 Å². The number of pyridine rings is 1. The third-order valence-corrected chi connectivity index (χ3v) is 5.77. The summed E-state index contributed by atoms with van der Waals surface area (Å²) < 4.78 is 2.15. The summed E-state index contributed by atoms with van der Waals surface area (Å²) in [4.78, 5) is 30.2. The van der Waals surface area contributed by atoms with Crippen LogP contribution in [0.25, 0.3) is 5.82 Å². The van der Waals surface area contributed by atoms with Gasteiger partial charge in [-0.15, -0.1) is 0 Å². The van der Waals surface area contributed by atoms with Gasteiger partial charge in [0, 0.05) is 44.4 Å². The molecular formula is C22H22N6O. The predicted molar refractivity (Wildman–Crippen MR) is 110 cm³/mol. The van der Waals surface area contributed by atoms with Crippen molar-refractivity contribution in [1.82, 2.24) is 24.4 Å². The molecule has 0 bridgehead atoms. The summed E-state index contributed by atoms with van der Waals surface area (Å²) in [5.74, 6) is 0.832. The molecule has 0 N–H and O–H groups in total. The molecule has 29 heavy (non-hydrogen) atoms. The molecule has 2 aliphatic rings. The minimum absolute atomic E-state index is 0.0830. The molecule has 3 aromatic heterocycles. The molecule has 1 spiro atoms. The maximum atomic E-state index is 13.1. The summed E-state index contributed by atoms with van der Waals surface area (Å²) in [7, 11) is 0. The molecule has 2 aliphatic heterocycles. The van der Waals surface area contributed by atoms with Gasteiger partial charge in [-0.2, -0.15) is 0 Å². The van der Waals surface area contributed by atoms with Crippen LogP contribution in [0.1, 0.15) is 29.5 Å². The van der Waals surface area contributed by atoms with E-state index in [9.17, 15) is 4.79 Å². The molecule has 0 aliphatic carbocycles. The Kier molecular flexibility index (Phi) is 3.97. The number of likely N-dealkylation sites (tertiary alicyclic amines) is 1. The monoisotopic (exact) mass is 386 g/mol. The molecule has 7 heteroatoms. The first kappa shape index (κ1) is 17.6. The normalized spacial score (nSPS) is 19.9. The van der Waals surface area contributed by atoms with E-state index in [2.05, 4.69) is 43.1 Å². The number of hydrogen-bond acceptors (Lipinski definition) is 5. The Bertz CT molecular complexity index is 1090. The molecule has 1 saturated heterocycles. The molecule has 1 amide bonds. The van der Waals surface area contributed by atoms with Gasteiger partial charge in [-0.25, -0.2) is 9.97 Å². The molecular weight excluding hydrogens is 364 g/mol. The summed E-state index contributed by atoms with van der Waals surface area (Å²) in [6, 6.07) is 8.25. The molecule has 1 fully saturated rings. The number of nitrogens with zero attached hydrogens (tertiary/aromatic N) is 6. The fraction of sp³-hybridized carbons (Fsp3) is 0.273.